The summed E-state index contributed by atoms with van der Waals surface area (Å²) in [7, 11) is 0. The zero-order valence-corrected chi connectivity index (χ0v) is 10.0. The molecular weight excluding hydrogens is 182 g/mol. The van der Waals surface area contributed by atoms with E-state index in [1.165, 1.54) is 70.6 Å². The Hall–Kier alpha value is -0.330. The van der Waals surface area contributed by atoms with Crippen molar-refractivity contribution in [1.29, 1.82) is 0 Å². The second kappa shape index (κ2) is 6.30. The third-order valence-electron chi connectivity index (χ3n) is 3.97. The summed E-state index contributed by atoms with van der Waals surface area (Å²) in [6, 6.07) is 0. The number of rotatable bonds is 0. The molecule has 2 bridgehead atoms. The minimum Gasteiger partial charge on any atom is -0.294 e. The molecule has 15 heavy (non-hydrogen) atoms. The highest BCUT2D eigenvalue weighted by Crippen LogP contribution is 2.25. The summed E-state index contributed by atoms with van der Waals surface area (Å²) in [5, 5.41) is 0. The van der Waals surface area contributed by atoms with Gasteiger partial charge in [0.2, 0.25) is 0 Å². The molecule has 0 amide bonds. The number of aliphatic imine (C=N–C) groups is 1. The van der Waals surface area contributed by atoms with Crippen molar-refractivity contribution in [3.63, 3.8) is 0 Å². The van der Waals surface area contributed by atoms with Crippen molar-refractivity contribution in [2.24, 2.45) is 10.9 Å². The predicted molar refractivity (Wildman–Crippen MR) is 66.6 cm³/mol. The largest absolute Gasteiger partial charge is 0.294 e. The van der Waals surface area contributed by atoms with Crippen molar-refractivity contribution < 1.29 is 0 Å². The van der Waals surface area contributed by atoms with Crippen LogP contribution in [0, 0.1) is 5.92 Å². The lowest BCUT2D eigenvalue weighted by Gasteiger charge is -2.22. The molecule has 2 aliphatic rings. The second-order valence-electron chi connectivity index (χ2n) is 5.32. The van der Waals surface area contributed by atoms with E-state index in [1.54, 1.807) is 5.71 Å². The van der Waals surface area contributed by atoms with E-state index in [0.29, 0.717) is 0 Å². The fourth-order valence-electron chi connectivity index (χ4n) is 2.98. The first-order chi connectivity index (χ1) is 7.45. The van der Waals surface area contributed by atoms with E-state index in [-0.39, 0.29) is 0 Å². The Balaban J connectivity index is 1.84. The lowest BCUT2D eigenvalue weighted by atomic mass is 9.88. The summed E-state index contributed by atoms with van der Waals surface area (Å²) in [6.07, 6.45) is 15.6. The smallest absolute Gasteiger partial charge is 0.0391 e. The maximum Gasteiger partial charge on any atom is 0.0391 e. The third kappa shape index (κ3) is 3.96. The van der Waals surface area contributed by atoms with Crippen LogP contribution in [0.15, 0.2) is 4.99 Å². The van der Waals surface area contributed by atoms with Gasteiger partial charge in [0.25, 0.3) is 0 Å². The van der Waals surface area contributed by atoms with Gasteiger partial charge in [-0.15, -0.1) is 0 Å². The molecule has 0 saturated heterocycles. The molecule has 86 valence electrons. The van der Waals surface area contributed by atoms with Gasteiger partial charge in [-0.3, -0.25) is 4.99 Å². The maximum atomic E-state index is 4.69. The van der Waals surface area contributed by atoms with Gasteiger partial charge in [0.1, 0.15) is 0 Å². The maximum absolute atomic E-state index is 4.69. The Morgan fingerprint density at radius 1 is 0.800 bits per heavy atom. The van der Waals surface area contributed by atoms with Crippen LogP contribution in [0.4, 0.5) is 0 Å². The summed E-state index contributed by atoms with van der Waals surface area (Å²) in [4.78, 5) is 4.69. The molecule has 2 rings (SSSR count). The number of hydrogen-bond donors (Lipinski definition) is 0. The Morgan fingerprint density at radius 3 is 2.40 bits per heavy atom. The van der Waals surface area contributed by atoms with Crippen LogP contribution in [0.5, 0.6) is 0 Å². The van der Waals surface area contributed by atoms with Crippen LogP contribution in [0.3, 0.4) is 0 Å². The topological polar surface area (TPSA) is 12.4 Å². The third-order valence-corrected chi connectivity index (χ3v) is 3.97. The Morgan fingerprint density at radius 2 is 1.53 bits per heavy atom. The van der Waals surface area contributed by atoms with E-state index in [0.717, 1.165) is 12.5 Å². The first kappa shape index (κ1) is 11.2. The Bertz CT molecular complexity index is 207. The van der Waals surface area contributed by atoms with Gasteiger partial charge in [-0.1, -0.05) is 44.9 Å². The molecule has 0 spiro atoms. The van der Waals surface area contributed by atoms with Gasteiger partial charge in [0.05, 0.1) is 0 Å². The van der Waals surface area contributed by atoms with Gasteiger partial charge >= 0.3 is 0 Å². The molecule has 0 aromatic carbocycles. The summed E-state index contributed by atoms with van der Waals surface area (Å²) >= 11 is 0. The van der Waals surface area contributed by atoms with Crippen LogP contribution in [-0.4, -0.2) is 12.3 Å². The zero-order valence-electron chi connectivity index (χ0n) is 10.0. The molecule has 1 heteroatoms. The van der Waals surface area contributed by atoms with E-state index < -0.39 is 0 Å². The molecule has 1 heterocycles. The Kier molecular flexibility index (Phi) is 4.69. The van der Waals surface area contributed by atoms with E-state index >= 15 is 0 Å². The van der Waals surface area contributed by atoms with E-state index in [1.807, 2.05) is 0 Å². The van der Waals surface area contributed by atoms with Crippen LogP contribution in [0.1, 0.15) is 70.6 Å². The van der Waals surface area contributed by atoms with Crippen molar-refractivity contribution in [3.8, 4) is 0 Å². The normalized spacial score (nSPS) is 29.9. The number of hydrogen-bond acceptors (Lipinski definition) is 1. The molecule has 1 saturated carbocycles. The van der Waals surface area contributed by atoms with Crippen LogP contribution in [0.25, 0.3) is 0 Å². The molecular formula is C14H25N. The lowest BCUT2D eigenvalue weighted by molar-refractivity contribution is 0.421. The van der Waals surface area contributed by atoms with Crippen molar-refractivity contribution in [2.75, 3.05) is 6.54 Å². The molecule has 0 N–H and O–H groups in total. The molecule has 1 nitrogen and oxygen atoms in total. The van der Waals surface area contributed by atoms with Crippen molar-refractivity contribution in [1.82, 2.24) is 0 Å². The van der Waals surface area contributed by atoms with Crippen molar-refractivity contribution >= 4 is 5.71 Å². The van der Waals surface area contributed by atoms with Gasteiger partial charge in [-0.05, 0) is 31.6 Å². The fraction of sp³-hybridized carbons (Fsp3) is 0.929. The van der Waals surface area contributed by atoms with Crippen LogP contribution >= 0.6 is 0 Å². The average Bonchev–Trinajstić information content (AvgIpc) is 2.26. The fourth-order valence-corrected chi connectivity index (χ4v) is 2.98. The monoisotopic (exact) mass is 207 g/mol. The van der Waals surface area contributed by atoms with Crippen LogP contribution in [-0.2, 0) is 0 Å². The highest BCUT2D eigenvalue weighted by atomic mass is 14.7. The average molecular weight is 207 g/mol. The molecule has 0 unspecified atom stereocenters. The highest BCUT2D eigenvalue weighted by Gasteiger charge is 2.16. The number of fused-ring (bicyclic) bond motifs is 2. The van der Waals surface area contributed by atoms with E-state index in [4.69, 9.17) is 4.99 Å². The van der Waals surface area contributed by atoms with Crippen LogP contribution in [0.2, 0.25) is 0 Å². The minimum atomic E-state index is 0.983. The first-order valence-electron chi connectivity index (χ1n) is 6.97. The molecule has 0 aromatic rings. The molecule has 0 radical (unpaired) electrons. The van der Waals surface area contributed by atoms with Gasteiger partial charge in [0.15, 0.2) is 0 Å². The van der Waals surface area contributed by atoms with Crippen molar-refractivity contribution in [2.45, 2.75) is 70.6 Å². The van der Waals surface area contributed by atoms with Crippen LogP contribution < -0.4 is 0 Å². The lowest BCUT2D eigenvalue weighted by Crippen LogP contribution is -2.16. The van der Waals surface area contributed by atoms with Gasteiger partial charge < -0.3 is 0 Å². The first-order valence-corrected chi connectivity index (χ1v) is 6.97. The van der Waals surface area contributed by atoms with Gasteiger partial charge in [0, 0.05) is 12.3 Å². The van der Waals surface area contributed by atoms with E-state index in [2.05, 4.69) is 0 Å². The summed E-state index contributed by atoms with van der Waals surface area (Å²) in [6.45, 7) is 1.12. The van der Waals surface area contributed by atoms with E-state index in [9.17, 15) is 0 Å². The van der Waals surface area contributed by atoms with Gasteiger partial charge in [-0.2, -0.15) is 0 Å². The SMILES string of the molecule is C1CCCCC2=NCC[C@H](CCCC1)C2. The molecule has 1 aliphatic carbocycles. The molecule has 0 aromatic heterocycles. The highest BCUT2D eigenvalue weighted by molar-refractivity contribution is 5.85. The predicted octanol–water partition coefficient (Wildman–Crippen LogP) is 4.36. The summed E-state index contributed by atoms with van der Waals surface area (Å²) in [5.41, 5.74) is 1.55. The van der Waals surface area contributed by atoms with Gasteiger partial charge in [-0.25, -0.2) is 0 Å². The minimum absolute atomic E-state index is 0.983. The number of nitrogens with zero attached hydrogens (tertiary/aromatic N) is 1. The summed E-state index contributed by atoms with van der Waals surface area (Å²) in [5.74, 6) is 0.983. The second-order valence-corrected chi connectivity index (χ2v) is 5.32. The standard InChI is InChI=1S/C14H25N/c1-2-4-6-8-13-10-11-15-14(12-13)9-7-5-3-1/h13H,1-12H2/t13-/m0/s1. The van der Waals surface area contributed by atoms with Crippen molar-refractivity contribution in [3.05, 3.63) is 0 Å². The molecule has 1 atom stereocenters. The molecule has 1 fully saturated rings. The Labute approximate surface area is 94.4 Å². The quantitative estimate of drug-likeness (QED) is 0.559. The zero-order chi connectivity index (χ0) is 10.3. The summed E-state index contributed by atoms with van der Waals surface area (Å²) < 4.78 is 0. The molecule has 1 aliphatic heterocycles.